The number of para-hydroxylation sites is 1. The first-order chi connectivity index (χ1) is 5.27. The molecule has 0 aliphatic heterocycles. The van der Waals surface area contributed by atoms with Gasteiger partial charge in [-0.2, -0.15) is 0 Å². The number of H-pyrrole nitrogens is 1. The molecule has 0 unspecified atom stereocenters. The molecule has 0 saturated heterocycles. The molecule has 1 N–H and O–H groups in total. The van der Waals surface area contributed by atoms with Crippen molar-refractivity contribution in [1.82, 2.24) is 4.98 Å². The number of benzene rings is 1. The van der Waals surface area contributed by atoms with E-state index in [1.54, 1.807) is 12.1 Å². The summed E-state index contributed by atoms with van der Waals surface area (Å²) in [4.78, 5) is 13.2. The lowest BCUT2D eigenvalue weighted by Crippen LogP contribution is -1.92. The largest absolute Gasteiger partial charge is 0.417 e. The Hall–Kier alpha value is -1.51. The van der Waals surface area contributed by atoms with E-state index in [1.165, 1.54) is 0 Å². The topological polar surface area (TPSA) is 46.0 Å². The molecule has 3 nitrogen and oxygen atoms in total. The van der Waals surface area contributed by atoms with Gasteiger partial charge in [0.2, 0.25) is 0 Å². The maximum atomic E-state index is 10.7. The van der Waals surface area contributed by atoms with Gasteiger partial charge >= 0.3 is 5.76 Å². The van der Waals surface area contributed by atoms with Crippen LogP contribution in [0.5, 0.6) is 0 Å². The van der Waals surface area contributed by atoms with Crippen LogP contribution in [0.15, 0.2) is 27.4 Å². The zero-order chi connectivity index (χ0) is 7.84. The lowest BCUT2D eigenvalue weighted by atomic mass is 10.2. The van der Waals surface area contributed by atoms with Gasteiger partial charge in [0, 0.05) is 0 Å². The van der Waals surface area contributed by atoms with Crippen molar-refractivity contribution in [2.75, 3.05) is 0 Å². The second-order valence-electron chi connectivity index (χ2n) is 2.31. The maximum absolute atomic E-state index is 10.7. The third kappa shape index (κ3) is 0.852. The van der Waals surface area contributed by atoms with E-state index in [9.17, 15) is 4.79 Å². The monoisotopic (exact) mass is 148 g/mol. The van der Waals surface area contributed by atoms with Crippen molar-refractivity contribution in [3.05, 3.63) is 41.2 Å². The van der Waals surface area contributed by atoms with Crippen molar-refractivity contribution in [3.63, 3.8) is 0 Å². The van der Waals surface area contributed by atoms with Crippen LogP contribution in [-0.4, -0.2) is 4.98 Å². The summed E-state index contributed by atoms with van der Waals surface area (Å²) in [5.74, 6) is -0.434. The summed E-state index contributed by atoms with van der Waals surface area (Å²) in [5, 5.41) is 0. The fourth-order valence-corrected chi connectivity index (χ4v) is 1.03. The molecule has 1 aromatic carbocycles. The first-order valence-electron chi connectivity index (χ1n) is 3.21. The highest BCUT2D eigenvalue weighted by atomic mass is 16.4. The summed E-state index contributed by atoms with van der Waals surface area (Å²) in [6.07, 6.45) is 0. The van der Waals surface area contributed by atoms with Crippen LogP contribution in [-0.2, 0) is 0 Å². The number of aromatic amines is 1. The third-order valence-electron chi connectivity index (χ3n) is 1.53. The van der Waals surface area contributed by atoms with E-state index in [-0.39, 0.29) is 0 Å². The van der Waals surface area contributed by atoms with E-state index >= 15 is 0 Å². The molecule has 11 heavy (non-hydrogen) atoms. The highest BCUT2D eigenvalue weighted by Gasteiger charge is 2.00. The Labute approximate surface area is 62.7 Å². The molecule has 1 aromatic heterocycles. The maximum Gasteiger partial charge on any atom is 0.417 e. The highest BCUT2D eigenvalue weighted by Crippen LogP contribution is 2.13. The molecule has 0 aliphatic rings. The van der Waals surface area contributed by atoms with Crippen molar-refractivity contribution in [1.29, 1.82) is 0 Å². The number of fused-ring (bicyclic) bond motifs is 1. The van der Waals surface area contributed by atoms with E-state index in [4.69, 9.17) is 4.42 Å². The normalized spacial score (nSPS) is 10.6. The van der Waals surface area contributed by atoms with Crippen LogP contribution in [0.3, 0.4) is 0 Å². The van der Waals surface area contributed by atoms with E-state index in [1.807, 2.05) is 6.07 Å². The standard InChI is InChI=1S/C8H6NO2/c1-5-3-2-4-6-7(5)11-8(10)9-6/h2-4H,1H2,(H,9,10). The van der Waals surface area contributed by atoms with Gasteiger partial charge in [0.15, 0.2) is 5.58 Å². The average molecular weight is 148 g/mol. The van der Waals surface area contributed by atoms with Crippen molar-refractivity contribution in [2.24, 2.45) is 0 Å². The van der Waals surface area contributed by atoms with Crippen LogP contribution in [0.1, 0.15) is 5.56 Å². The Morgan fingerprint density at radius 1 is 1.45 bits per heavy atom. The smallest absolute Gasteiger partial charge is 0.408 e. The minimum atomic E-state index is -0.434. The average Bonchev–Trinajstić information content (AvgIpc) is 2.31. The molecule has 0 bridgehead atoms. The Morgan fingerprint density at radius 3 is 3.00 bits per heavy atom. The van der Waals surface area contributed by atoms with Gasteiger partial charge in [0.05, 0.1) is 5.52 Å². The van der Waals surface area contributed by atoms with Gasteiger partial charge in [0.1, 0.15) is 0 Å². The van der Waals surface area contributed by atoms with Gasteiger partial charge in [-0.25, -0.2) is 4.79 Å². The highest BCUT2D eigenvalue weighted by molar-refractivity contribution is 5.76. The zero-order valence-electron chi connectivity index (χ0n) is 5.76. The lowest BCUT2D eigenvalue weighted by molar-refractivity contribution is 0.554. The Bertz CT molecular complexity index is 439. The molecule has 0 fully saturated rings. The molecule has 0 atom stereocenters. The minimum Gasteiger partial charge on any atom is -0.408 e. The minimum absolute atomic E-state index is 0.434. The Kier molecular flexibility index (Phi) is 1.12. The summed E-state index contributed by atoms with van der Waals surface area (Å²) >= 11 is 0. The molecule has 0 amide bonds. The second kappa shape index (κ2) is 1.99. The van der Waals surface area contributed by atoms with Crippen LogP contribution in [0.25, 0.3) is 11.1 Å². The van der Waals surface area contributed by atoms with Gasteiger partial charge in [-0.3, -0.25) is 4.98 Å². The Morgan fingerprint density at radius 2 is 2.27 bits per heavy atom. The predicted molar refractivity (Wildman–Crippen MR) is 41.3 cm³/mol. The first-order valence-corrected chi connectivity index (χ1v) is 3.21. The lowest BCUT2D eigenvalue weighted by Gasteiger charge is -1.88. The number of rotatable bonds is 0. The van der Waals surface area contributed by atoms with Crippen LogP contribution in [0, 0.1) is 6.92 Å². The Balaban J connectivity index is 3.01. The van der Waals surface area contributed by atoms with Gasteiger partial charge in [0.25, 0.3) is 0 Å². The molecule has 0 spiro atoms. The fraction of sp³-hybridized carbons (Fsp3) is 0. The third-order valence-corrected chi connectivity index (χ3v) is 1.53. The van der Waals surface area contributed by atoms with Gasteiger partial charge in [-0.05, 0) is 18.6 Å². The number of hydrogen-bond acceptors (Lipinski definition) is 2. The van der Waals surface area contributed by atoms with Gasteiger partial charge in [-0.15, -0.1) is 0 Å². The molecule has 2 aromatic rings. The molecule has 0 aliphatic carbocycles. The molecule has 55 valence electrons. The molecule has 1 radical (unpaired) electrons. The van der Waals surface area contributed by atoms with E-state index in [2.05, 4.69) is 11.9 Å². The summed E-state index contributed by atoms with van der Waals surface area (Å²) in [5.41, 5.74) is 1.96. The van der Waals surface area contributed by atoms with Crippen LogP contribution >= 0.6 is 0 Å². The first kappa shape index (κ1) is 6.22. The molecule has 0 saturated carbocycles. The predicted octanol–water partition coefficient (Wildman–Crippen LogP) is 1.30. The summed E-state index contributed by atoms with van der Waals surface area (Å²) < 4.78 is 4.83. The van der Waals surface area contributed by atoms with Gasteiger partial charge < -0.3 is 4.42 Å². The van der Waals surface area contributed by atoms with Crippen molar-refractivity contribution < 1.29 is 4.42 Å². The number of aromatic nitrogens is 1. The molecular formula is C8H6NO2. The molecule has 3 heteroatoms. The van der Waals surface area contributed by atoms with Crippen molar-refractivity contribution >= 4 is 11.1 Å². The summed E-state index contributed by atoms with van der Waals surface area (Å²) in [6.45, 7) is 3.71. The summed E-state index contributed by atoms with van der Waals surface area (Å²) in [6, 6.07) is 5.38. The molecule has 1 heterocycles. The van der Waals surface area contributed by atoms with E-state index < -0.39 is 5.76 Å². The zero-order valence-corrected chi connectivity index (χ0v) is 5.76. The second-order valence-corrected chi connectivity index (χ2v) is 2.31. The quantitative estimate of drug-likeness (QED) is 0.612. The van der Waals surface area contributed by atoms with Crippen LogP contribution < -0.4 is 5.76 Å². The SMILES string of the molecule is [CH2]c1cccc2[nH]c(=O)oc12. The van der Waals surface area contributed by atoms with Crippen molar-refractivity contribution in [2.45, 2.75) is 0 Å². The van der Waals surface area contributed by atoms with Gasteiger partial charge in [-0.1, -0.05) is 12.1 Å². The summed E-state index contributed by atoms with van der Waals surface area (Å²) in [7, 11) is 0. The van der Waals surface area contributed by atoms with Crippen molar-refractivity contribution in [3.8, 4) is 0 Å². The number of oxazole rings is 1. The van der Waals surface area contributed by atoms with Crippen LogP contribution in [0.4, 0.5) is 0 Å². The van der Waals surface area contributed by atoms with E-state index in [0.717, 1.165) is 5.56 Å². The molecular weight excluding hydrogens is 142 g/mol. The van der Waals surface area contributed by atoms with E-state index in [0.29, 0.717) is 11.1 Å². The van der Waals surface area contributed by atoms with Crippen LogP contribution in [0.2, 0.25) is 0 Å². The number of nitrogens with one attached hydrogen (secondary N) is 1. The molecule has 2 rings (SSSR count). The fourth-order valence-electron chi connectivity index (χ4n) is 1.03. The number of hydrogen-bond donors (Lipinski definition) is 1.